The quantitative estimate of drug-likeness (QED) is 0.750. The van der Waals surface area contributed by atoms with Crippen LogP contribution in [0.5, 0.6) is 5.75 Å². The third kappa shape index (κ3) is 3.27. The van der Waals surface area contributed by atoms with Crippen LogP contribution in [0.15, 0.2) is 23.2 Å². The molecule has 0 saturated heterocycles. The second kappa shape index (κ2) is 7.11. The van der Waals surface area contributed by atoms with Gasteiger partial charge in [-0.1, -0.05) is 6.07 Å². The van der Waals surface area contributed by atoms with Crippen LogP contribution < -0.4 is 10.5 Å². The average molecular weight is 422 g/mol. The van der Waals surface area contributed by atoms with E-state index in [9.17, 15) is 13.2 Å². The highest BCUT2D eigenvalue weighted by molar-refractivity contribution is 6.41. The lowest BCUT2D eigenvalue weighted by atomic mass is 9.45. The number of alkyl halides is 3. The standard InChI is InChI=1S/C20H27B2F3N2O3/c1-28-13-4-6-17(7-5-13)11-12-2-3-14(29-9-8-18(23,24)25)10-15(12)19(17)20(21,22)30-16(26)27-19/h2-3,10,13H,4-9,11,21-22H2,1H3,(H2,26,27)/t13-,17-,19?. The van der Waals surface area contributed by atoms with Crippen molar-refractivity contribution in [3.05, 3.63) is 29.3 Å². The van der Waals surface area contributed by atoms with Crippen molar-refractivity contribution in [3.63, 3.8) is 0 Å². The van der Waals surface area contributed by atoms with Crippen molar-refractivity contribution in [2.75, 3.05) is 13.7 Å². The largest absolute Gasteiger partial charge is 0.493 e. The molecule has 1 saturated carbocycles. The maximum absolute atomic E-state index is 12.5. The molecule has 2 N–H and O–H groups in total. The molecule has 5 nitrogen and oxygen atoms in total. The number of nitrogens with zero attached hydrogens (tertiary/aromatic N) is 1. The summed E-state index contributed by atoms with van der Waals surface area (Å²) < 4.78 is 54.6. The molecule has 0 amide bonds. The molecular formula is C20H27B2F3N2O3. The van der Waals surface area contributed by atoms with Gasteiger partial charge in [0, 0.05) is 12.5 Å². The first-order valence-electron chi connectivity index (χ1n) is 10.4. The Morgan fingerprint density at radius 1 is 1.27 bits per heavy atom. The van der Waals surface area contributed by atoms with Crippen molar-refractivity contribution in [1.82, 2.24) is 0 Å². The minimum Gasteiger partial charge on any atom is -0.493 e. The molecule has 1 aromatic carbocycles. The zero-order chi connectivity index (χ0) is 21.8. The summed E-state index contributed by atoms with van der Waals surface area (Å²) >= 11 is 0. The molecule has 0 radical (unpaired) electrons. The summed E-state index contributed by atoms with van der Waals surface area (Å²) in [5, 5.41) is -0.688. The van der Waals surface area contributed by atoms with Crippen molar-refractivity contribution in [2.45, 2.75) is 61.7 Å². The summed E-state index contributed by atoms with van der Waals surface area (Å²) in [7, 11) is 5.73. The van der Waals surface area contributed by atoms with E-state index < -0.39 is 30.1 Å². The highest BCUT2D eigenvalue weighted by Gasteiger charge is 2.68. The van der Waals surface area contributed by atoms with E-state index in [-0.39, 0.29) is 17.5 Å². The van der Waals surface area contributed by atoms with E-state index >= 15 is 0 Å². The van der Waals surface area contributed by atoms with Crippen molar-refractivity contribution < 1.29 is 27.4 Å². The van der Waals surface area contributed by atoms with Crippen LogP contribution in [-0.2, 0) is 21.4 Å². The highest BCUT2D eigenvalue weighted by Crippen LogP contribution is 2.65. The molecule has 0 aromatic heterocycles. The van der Waals surface area contributed by atoms with Gasteiger partial charge in [0.1, 0.15) is 11.3 Å². The molecule has 1 fully saturated rings. The van der Waals surface area contributed by atoms with E-state index in [2.05, 4.69) is 0 Å². The van der Waals surface area contributed by atoms with Gasteiger partial charge < -0.3 is 19.9 Å². The summed E-state index contributed by atoms with van der Waals surface area (Å²) in [6.07, 6.45) is -0.518. The lowest BCUT2D eigenvalue weighted by Crippen LogP contribution is -2.59. The summed E-state index contributed by atoms with van der Waals surface area (Å²) in [6, 6.07) is 5.70. The van der Waals surface area contributed by atoms with Gasteiger partial charge in [-0.2, -0.15) is 13.2 Å². The van der Waals surface area contributed by atoms with Crippen molar-refractivity contribution in [2.24, 2.45) is 16.1 Å². The van der Waals surface area contributed by atoms with Crippen LogP contribution in [0.2, 0.25) is 0 Å². The molecule has 2 aliphatic carbocycles. The van der Waals surface area contributed by atoms with Gasteiger partial charge in [0.2, 0.25) is 0 Å². The van der Waals surface area contributed by atoms with E-state index in [1.54, 1.807) is 13.2 Å². The third-order valence-corrected chi connectivity index (χ3v) is 7.15. The number of nitrogens with two attached hydrogens (primary N) is 1. The van der Waals surface area contributed by atoms with Crippen LogP contribution in [0.1, 0.15) is 43.2 Å². The van der Waals surface area contributed by atoms with Crippen LogP contribution in [0.25, 0.3) is 0 Å². The predicted molar refractivity (Wildman–Crippen MR) is 112 cm³/mol. The lowest BCUT2D eigenvalue weighted by molar-refractivity contribution is -0.139. The first-order chi connectivity index (χ1) is 14.0. The van der Waals surface area contributed by atoms with Gasteiger partial charge in [-0.05, 0) is 55.4 Å². The number of aliphatic imine (C=N–C) groups is 1. The lowest BCUT2D eigenvalue weighted by Gasteiger charge is -2.51. The second-order valence-electron chi connectivity index (χ2n) is 9.20. The Hall–Kier alpha value is -1.83. The number of benzene rings is 1. The average Bonchev–Trinajstić information content (AvgIpc) is 3.06. The highest BCUT2D eigenvalue weighted by atomic mass is 19.4. The number of methoxy groups -OCH3 is 1. The Kier molecular flexibility index (Phi) is 5.07. The number of hydrogen-bond donors (Lipinski definition) is 1. The molecule has 30 heavy (non-hydrogen) atoms. The number of rotatable bonds is 4. The maximum atomic E-state index is 12.5. The van der Waals surface area contributed by atoms with E-state index in [0.717, 1.165) is 43.2 Å². The van der Waals surface area contributed by atoms with Crippen LogP contribution in [0, 0.1) is 5.41 Å². The molecule has 3 aliphatic rings. The van der Waals surface area contributed by atoms with E-state index in [0.29, 0.717) is 5.75 Å². The zero-order valence-electron chi connectivity index (χ0n) is 17.6. The molecule has 1 aromatic rings. The van der Waals surface area contributed by atoms with Gasteiger partial charge in [0.25, 0.3) is 6.02 Å². The summed E-state index contributed by atoms with van der Waals surface area (Å²) in [6.45, 7) is -0.415. The predicted octanol–water partition coefficient (Wildman–Crippen LogP) is 1.61. The minimum absolute atomic E-state index is 0.157. The van der Waals surface area contributed by atoms with Crippen molar-refractivity contribution in [3.8, 4) is 5.75 Å². The van der Waals surface area contributed by atoms with Crippen molar-refractivity contribution >= 4 is 21.7 Å². The number of halogens is 3. The smallest absolute Gasteiger partial charge is 0.392 e. The number of fused-ring (bicyclic) bond motifs is 3. The third-order valence-electron chi connectivity index (χ3n) is 7.15. The Morgan fingerprint density at radius 3 is 2.53 bits per heavy atom. The van der Waals surface area contributed by atoms with Crippen LogP contribution in [0.4, 0.5) is 13.2 Å². The van der Waals surface area contributed by atoms with Crippen LogP contribution in [-0.4, -0.2) is 53.1 Å². The van der Waals surface area contributed by atoms with Crippen LogP contribution in [0.3, 0.4) is 0 Å². The first kappa shape index (κ1) is 21.4. The van der Waals surface area contributed by atoms with Gasteiger partial charge in [0.15, 0.2) is 15.7 Å². The number of ether oxygens (including phenoxy) is 3. The molecule has 4 rings (SSSR count). The Bertz CT molecular complexity index is 854. The molecule has 1 heterocycles. The van der Waals surface area contributed by atoms with Crippen LogP contribution >= 0.6 is 0 Å². The molecule has 162 valence electrons. The molecule has 10 heteroatoms. The Labute approximate surface area is 176 Å². The van der Waals surface area contributed by atoms with Gasteiger partial charge in [-0.3, -0.25) is 0 Å². The molecular weight excluding hydrogens is 395 g/mol. The fraction of sp³-hybridized carbons (Fsp3) is 0.650. The van der Waals surface area contributed by atoms with E-state index in [1.165, 1.54) is 0 Å². The summed E-state index contributed by atoms with van der Waals surface area (Å²) in [5.41, 5.74) is 7.27. The maximum Gasteiger partial charge on any atom is 0.392 e. The second-order valence-corrected chi connectivity index (χ2v) is 9.20. The zero-order valence-corrected chi connectivity index (χ0v) is 17.6. The topological polar surface area (TPSA) is 66.1 Å². The Balaban J connectivity index is 1.72. The fourth-order valence-electron chi connectivity index (χ4n) is 5.92. The Morgan fingerprint density at radius 2 is 1.97 bits per heavy atom. The SMILES string of the molecule is BC1(B)OC(N)=NC12c1cc(OCCC(F)(F)F)ccc1C[C@]21CC[C@@H](OC)CC1. The fourth-order valence-corrected chi connectivity index (χ4v) is 5.92. The van der Waals surface area contributed by atoms with Crippen molar-refractivity contribution in [1.29, 1.82) is 0 Å². The monoisotopic (exact) mass is 422 g/mol. The summed E-state index contributed by atoms with van der Waals surface area (Å²) in [4.78, 5) is 4.90. The normalized spacial score (nSPS) is 32.1. The van der Waals surface area contributed by atoms with Gasteiger partial charge in [-0.25, -0.2) is 4.99 Å². The van der Waals surface area contributed by atoms with Gasteiger partial charge in [0.05, 0.1) is 24.5 Å². The molecule has 1 aliphatic heterocycles. The molecule has 0 bridgehead atoms. The minimum atomic E-state index is -4.25. The van der Waals surface area contributed by atoms with Gasteiger partial charge >= 0.3 is 6.18 Å². The molecule has 1 atom stereocenters. The van der Waals surface area contributed by atoms with Gasteiger partial charge in [-0.15, -0.1) is 0 Å². The van der Waals surface area contributed by atoms with E-state index in [4.69, 9.17) is 24.9 Å². The molecule has 1 unspecified atom stereocenters. The number of hydrogen-bond acceptors (Lipinski definition) is 5. The first-order valence-corrected chi connectivity index (χ1v) is 10.4. The number of amidine groups is 1. The molecule has 2 spiro atoms. The summed E-state index contributed by atoms with van der Waals surface area (Å²) in [5.74, 6) is 0.413. The van der Waals surface area contributed by atoms with E-state index in [1.807, 2.05) is 27.8 Å².